The number of hydrogen-bond acceptors (Lipinski definition) is 2. The summed E-state index contributed by atoms with van der Waals surface area (Å²) in [6.07, 6.45) is 0.883. The molecular formula is C10H16FIN2. The van der Waals surface area contributed by atoms with E-state index >= 15 is 0 Å². The zero-order chi connectivity index (χ0) is 10.9. The highest BCUT2D eigenvalue weighted by molar-refractivity contribution is 14.1. The Morgan fingerprint density at radius 1 is 1.64 bits per heavy atom. The fraction of sp³-hybridized carbons (Fsp3) is 0.600. The predicted octanol–water partition coefficient (Wildman–Crippen LogP) is 3.03. The maximum absolute atomic E-state index is 13.5. The number of halogens is 2. The summed E-state index contributed by atoms with van der Waals surface area (Å²) in [4.78, 5) is 0. The summed E-state index contributed by atoms with van der Waals surface area (Å²) in [6.45, 7) is 9.80. The second-order valence-electron chi connectivity index (χ2n) is 3.93. The summed E-state index contributed by atoms with van der Waals surface area (Å²) in [5, 5.41) is 5.59. The van der Waals surface area contributed by atoms with Crippen LogP contribution in [0.5, 0.6) is 0 Å². The lowest BCUT2D eigenvalue weighted by Crippen LogP contribution is -2.39. The van der Waals surface area contributed by atoms with E-state index in [2.05, 4.69) is 24.1 Å². The number of allylic oxidation sites excluding steroid dienone is 3. The minimum atomic E-state index is -1.53. The summed E-state index contributed by atoms with van der Waals surface area (Å²) in [6, 6.07) is 0. The fourth-order valence-corrected chi connectivity index (χ4v) is 2.41. The summed E-state index contributed by atoms with van der Waals surface area (Å²) < 4.78 is 12.0. The molecule has 0 aliphatic carbocycles. The second kappa shape index (κ2) is 4.08. The van der Waals surface area contributed by atoms with Crippen molar-refractivity contribution in [2.75, 3.05) is 0 Å². The van der Waals surface area contributed by atoms with Gasteiger partial charge in [0, 0.05) is 39.9 Å². The van der Waals surface area contributed by atoms with E-state index in [1.807, 2.05) is 13.8 Å². The largest absolute Gasteiger partial charge is 0.330 e. The molecule has 14 heavy (non-hydrogen) atoms. The molecule has 0 amide bonds. The Bertz CT molecular complexity index is 284. The van der Waals surface area contributed by atoms with Crippen LogP contribution in [0.3, 0.4) is 0 Å². The standard InChI is InChI=1S/C10H16FIN2/c1-6(2)5-7(3)9-8(4)13-10(11,12)14-9/h7,13-14H,1,5H2,2-4H3/t7-,10?/m0/s1. The average molecular weight is 310 g/mol. The van der Waals surface area contributed by atoms with Gasteiger partial charge in [-0.2, -0.15) is 4.39 Å². The van der Waals surface area contributed by atoms with Crippen LogP contribution in [0, 0.1) is 5.92 Å². The number of alkyl halides is 2. The molecule has 2 N–H and O–H groups in total. The Balaban J connectivity index is 2.69. The van der Waals surface area contributed by atoms with Gasteiger partial charge >= 0.3 is 3.92 Å². The smallest absolute Gasteiger partial charge is 0.307 e. The SMILES string of the molecule is C=C(C)C[C@H](C)C1=C(C)NC(F)(I)N1. The Hall–Kier alpha value is -0.260. The average Bonchev–Trinajstić information content (AvgIpc) is 2.23. The van der Waals surface area contributed by atoms with Crippen molar-refractivity contribution in [3.05, 3.63) is 23.5 Å². The van der Waals surface area contributed by atoms with Crippen molar-refractivity contribution in [2.45, 2.75) is 31.1 Å². The third-order valence-electron chi connectivity index (χ3n) is 2.19. The van der Waals surface area contributed by atoms with Crippen LogP contribution in [0.15, 0.2) is 23.5 Å². The van der Waals surface area contributed by atoms with Gasteiger partial charge in [0.25, 0.3) is 0 Å². The fourth-order valence-electron chi connectivity index (χ4n) is 1.71. The third-order valence-corrected chi connectivity index (χ3v) is 2.73. The van der Waals surface area contributed by atoms with Crippen LogP contribution >= 0.6 is 22.6 Å². The van der Waals surface area contributed by atoms with E-state index in [0.29, 0.717) is 0 Å². The second-order valence-corrected chi connectivity index (χ2v) is 5.41. The lowest BCUT2D eigenvalue weighted by molar-refractivity contribution is 0.254. The molecule has 4 heteroatoms. The molecule has 2 nitrogen and oxygen atoms in total. The summed E-state index contributed by atoms with van der Waals surface area (Å²) in [5.41, 5.74) is 2.95. The zero-order valence-corrected chi connectivity index (χ0v) is 10.9. The molecule has 0 aromatic carbocycles. The van der Waals surface area contributed by atoms with E-state index in [1.54, 1.807) is 22.6 Å². The van der Waals surface area contributed by atoms with E-state index in [9.17, 15) is 4.39 Å². The molecule has 0 saturated carbocycles. The molecule has 0 radical (unpaired) electrons. The lowest BCUT2D eigenvalue weighted by atomic mass is 9.99. The van der Waals surface area contributed by atoms with Gasteiger partial charge < -0.3 is 10.6 Å². The van der Waals surface area contributed by atoms with E-state index in [0.717, 1.165) is 23.4 Å². The number of nitrogens with one attached hydrogen (secondary N) is 2. The molecule has 0 aromatic heterocycles. The van der Waals surface area contributed by atoms with Crippen LogP contribution in [0.2, 0.25) is 0 Å². The normalized spacial score (nSPS) is 28.4. The molecule has 0 spiro atoms. The molecular weight excluding hydrogens is 294 g/mol. The highest BCUT2D eigenvalue weighted by Crippen LogP contribution is 2.29. The maximum atomic E-state index is 13.5. The van der Waals surface area contributed by atoms with Gasteiger partial charge in [-0.25, -0.2) is 0 Å². The Labute approximate surface area is 98.2 Å². The number of rotatable bonds is 3. The Kier molecular flexibility index (Phi) is 3.44. The van der Waals surface area contributed by atoms with Gasteiger partial charge in [-0.15, -0.1) is 6.58 Å². The van der Waals surface area contributed by atoms with Gasteiger partial charge in [-0.05, 0) is 20.3 Å². The summed E-state index contributed by atoms with van der Waals surface area (Å²) >= 11 is 1.71. The molecule has 1 rings (SSSR count). The minimum absolute atomic E-state index is 0.285. The molecule has 2 atom stereocenters. The quantitative estimate of drug-likeness (QED) is 0.362. The first kappa shape index (κ1) is 11.8. The highest BCUT2D eigenvalue weighted by Gasteiger charge is 2.34. The highest BCUT2D eigenvalue weighted by atomic mass is 127. The maximum Gasteiger partial charge on any atom is 0.307 e. The Morgan fingerprint density at radius 3 is 2.57 bits per heavy atom. The first-order chi connectivity index (χ1) is 6.32. The van der Waals surface area contributed by atoms with Gasteiger partial charge in [-0.1, -0.05) is 12.5 Å². The van der Waals surface area contributed by atoms with Gasteiger partial charge in [0.1, 0.15) is 0 Å². The van der Waals surface area contributed by atoms with Crippen molar-refractivity contribution in [3.8, 4) is 0 Å². The van der Waals surface area contributed by atoms with Crippen molar-refractivity contribution in [1.29, 1.82) is 0 Å². The van der Waals surface area contributed by atoms with Crippen molar-refractivity contribution < 1.29 is 4.39 Å². The van der Waals surface area contributed by atoms with E-state index in [4.69, 9.17) is 0 Å². The van der Waals surface area contributed by atoms with Crippen molar-refractivity contribution in [1.82, 2.24) is 10.6 Å². The monoisotopic (exact) mass is 310 g/mol. The predicted molar refractivity (Wildman–Crippen MR) is 65.4 cm³/mol. The van der Waals surface area contributed by atoms with E-state index in [1.165, 1.54) is 0 Å². The molecule has 1 aliphatic rings. The minimum Gasteiger partial charge on any atom is -0.330 e. The summed E-state index contributed by atoms with van der Waals surface area (Å²) in [7, 11) is 0. The molecule has 0 aromatic rings. The molecule has 0 bridgehead atoms. The van der Waals surface area contributed by atoms with Gasteiger partial charge in [0.15, 0.2) is 0 Å². The van der Waals surface area contributed by atoms with Gasteiger partial charge in [-0.3, -0.25) is 0 Å². The van der Waals surface area contributed by atoms with Crippen LogP contribution < -0.4 is 10.6 Å². The van der Waals surface area contributed by atoms with Crippen LogP contribution in [0.1, 0.15) is 27.2 Å². The molecule has 1 aliphatic heterocycles. The van der Waals surface area contributed by atoms with Crippen molar-refractivity contribution in [3.63, 3.8) is 0 Å². The Morgan fingerprint density at radius 2 is 2.21 bits per heavy atom. The van der Waals surface area contributed by atoms with Crippen LogP contribution in [-0.4, -0.2) is 3.92 Å². The molecule has 1 unspecified atom stereocenters. The molecule has 1 heterocycles. The first-order valence-corrected chi connectivity index (χ1v) is 5.69. The van der Waals surface area contributed by atoms with Crippen LogP contribution in [0.4, 0.5) is 4.39 Å². The summed E-state index contributed by atoms with van der Waals surface area (Å²) in [5.74, 6) is 0.285. The van der Waals surface area contributed by atoms with Crippen molar-refractivity contribution >= 4 is 22.6 Å². The van der Waals surface area contributed by atoms with E-state index < -0.39 is 3.92 Å². The topological polar surface area (TPSA) is 24.1 Å². The van der Waals surface area contributed by atoms with Crippen LogP contribution in [0.25, 0.3) is 0 Å². The zero-order valence-electron chi connectivity index (χ0n) is 8.75. The first-order valence-electron chi connectivity index (χ1n) is 4.61. The molecule has 80 valence electrons. The van der Waals surface area contributed by atoms with E-state index in [-0.39, 0.29) is 5.92 Å². The third kappa shape index (κ3) is 2.87. The molecule has 0 saturated heterocycles. The van der Waals surface area contributed by atoms with Crippen molar-refractivity contribution in [2.24, 2.45) is 5.92 Å². The lowest BCUT2D eigenvalue weighted by Gasteiger charge is -2.17. The molecule has 0 fully saturated rings. The van der Waals surface area contributed by atoms with Gasteiger partial charge in [0.05, 0.1) is 0 Å². The van der Waals surface area contributed by atoms with Crippen LogP contribution in [-0.2, 0) is 0 Å². The number of hydrogen-bond donors (Lipinski definition) is 2. The van der Waals surface area contributed by atoms with Gasteiger partial charge in [0.2, 0.25) is 0 Å².